The van der Waals surface area contributed by atoms with Crippen LogP contribution in [0, 0.1) is 10.1 Å². The standard InChI is InChI=1S/C16H12F2N4O4S/c1-19-16-21(20-8-12-6-7-14(25-12)22(23)24)13(9-27-16)10-2-4-11(5-3-10)26-15(17)18/h2-9,15H,1H3/b19-16?,20-8-. The van der Waals surface area contributed by atoms with Gasteiger partial charge in [0, 0.05) is 18.0 Å². The van der Waals surface area contributed by atoms with Crippen molar-refractivity contribution >= 4 is 23.4 Å². The maximum absolute atomic E-state index is 12.3. The summed E-state index contributed by atoms with van der Waals surface area (Å²) in [5.41, 5.74) is 1.35. The maximum Gasteiger partial charge on any atom is 0.433 e. The predicted molar refractivity (Wildman–Crippen MR) is 94.2 cm³/mol. The summed E-state index contributed by atoms with van der Waals surface area (Å²) in [5, 5.41) is 16.7. The second-order valence-electron chi connectivity index (χ2n) is 5.02. The molecule has 11 heteroatoms. The summed E-state index contributed by atoms with van der Waals surface area (Å²) < 4.78 is 35.4. The van der Waals surface area contributed by atoms with E-state index in [2.05, 4.69) is 14.8 Å². The molecular weight excluding hydrogens is 382 g/mol. The molecule has 0 unspecified atom stereocenters. The minimum Gasteiger partial charge on any atom is -0.435 e. The number of furan rings is 1. The molecule has 8 nitrogen and oxygen atoms in total. The summed E-state index contributed by atoms with van der Waals surface area (Å²) in [6.07, 6.45) is 1.33. The summed E-state index contributed by atoms with van der Waals surface area (Å²) in [6, 6.07) is 8.73. The van der Waals surface area contributed by atoms with Crippen LogP contribution in [0.2, 0.25) is 0 Å². The molecule has 0 saturated heterocycles. The fourth-order valence-corrected chi connectivity index (χ4v) is 3.00. The number of ether oxygens (including phenoxy) is 1. The number of hydrogen-bond acceptors (Lipinski definition) is 7. The Kier molecular flexibility index (Phi) is 5.41. The molecule has 1 aromatic carbocycles. The van der Waals surface area contributed by atoms with Gasteiger partial charge >= 0.3 is 12.5 Å². The summed E-state index contributed by atoms with van der Waals surface area (Å²) in [6.45, 7) is -2.89. The van der Waals surface area contributed by atoms with E-state index < -0.39 is 11.5 Å². The van der Waals surface area contributed by atoms with Crippen molar-refractivity contribution in [3.05, 3.63) is 62.5 Å². The van der Waals surface area contributed by atoms with Crippen molar-refractivity contribution in [2.75, 3.05) is 7.05 Å². The van der Waals surface area contributed by atoms with E-state index in [1.54, 1.807) is 24.6 Å². The molecular formula is C16H12F2N4O4S. The molecule has 0 saturated carbocycles. The first kappa shape index (κ1) is 18.5. The van der Waals surface area contributed by atoms with E-state index in [1.807, 2.05) is 0 Å². The molecule has 3 rings (SSSR count). The molecule has 0 aliphatic rings. The SMILES string of the molecule is CN=c1scc(-c2ccc(OC(F)F)cc2)n1/N=C\c1ccc([N+](=O)[O-])o1. The van der Waals surface area contributed by atoms with Crippen molar-refractivity contribution in [1.82, 2.24) is 4.68 Å². The number of halogens is 2. The van der Waals surface area contributed by atoms with Crippen LogP contribution in [0.15, 0.2) is 56.3 Å². The van der Waals surface area contributed by atoms with Crippen molar-refractivity contribution in [1.29, 1.82) is 0 Å². The van der Waals surface area contributed by atoms with Gasteiger partial charge in [0.1, 0.15) is 10.7 Å². The number of nitro groups is 1. The first-order valence-corrected chi connectivity index (χ1v) is 8.33. The summed E-state index contributed by atoms with van der Waals surface area (Å²) >= 11 is 1.32. The van der Waals surface area contributed by atoms with E-state index >= 15 is 0 Å². The predicted octanol–water partition coefficient (Wildman–Crippen LogP) is 3.73. The molecule has 3 aromatic rings. The van der Waals surface area contributed by atoms with Gasteiger partial charge in [-0.1, -0.05) is 0 Å². The summed E-state index contributed by atoms with van der Waals surface area (Å²) in [7, 11) is 1.60. The molecule has 0 radical (unpaired) electrons. The van der Waals surface area contributed by atoms with Crippen LogP contribution in [0.25, 0.3) is 11.3 Å². The number of benzene rings is 1. The Labute approximate surface area is 154 Å². The van der Waals surface area contributed by atoms with E-state index in [0.717, 1.165) is 0 Å². The summed E-state index contributed by atoms with van der Waals surface area (Å²) in [4.78, 5) is 14.7. The summed E-state index contributed by atoms with van der Waals surface area (Å²) in [5.74, 6) is -0.140. The van der Waals surface area contributed by atoms with E-state index in [4.69, 9.17) is 4.42 Å². The van der Waals surface area contributed by atoms with E-state index in [-0.39, 0.29) is 17.4 Å². The van der Waals surface area contributed by atoms with Crippen molar-refractivity contribution in [3.8, 4) is 17.0 Å². The molecule has 0 amide bonds. The van der Waals surface area contributed by atoms with Gasteiger partial charge in [-0.3, -0.25) is 15.1 Å². The third kappa shape index (κ3) is 4.26. The molecule has 0 N–H and O–H groups in total. The monoisotopic (exact) mass is 394 g/mol. The smallest absolute Gasteiger partial charge is 0.433 e. The van der Waals surface area contributed by atoms with Crippen LogP contribution >= 0.6 is 11.3 Å². The highest BCUT2D eigenvalue weighted by atomic mass is 32.1. The van der Waals surface area contributed by atoms with Gasteiger partial charge in [0.2, 0.25) is 4.80 Å². The maximum atomic E-state index is 12.3. The van der Waals surface area contributed by atoms with Crippen molar-refractivity contribution in [2.45, 2.75) is 6.61 Å². The Bertz CT molecular complexity index is 1040. The van der Waals surface area contributed by atoms with Gasteiger partial charge in [0.05, 0.1) is 18.0 Å². The van der Waals surface area contributed by atoms with Crippen LogP contribution in [0.1, 0.15) is 5.76 Å². The zero-order valence-corrected chi connectivity index (χ0v) is 14.6. The first-order chi connectivity index (χ1) is 13.0. The Morgan fingerprint density at radius 1 is 1.30 bits per heavy atom. The quantitative estimate of drug-likeness (QED) is 0.362. The third-order valence-corrected chi connectivity index (χ3v) is 4.25. The second-order valence-corrected chi connectivity index (χ2v) is 5.86. The number of aromatic nitrogens is 1. The molecule has 0 bridgehead atoms. The topological polar surface area (TPSA) is 95.2 Å². The second kappa shape index (κ2) is 7.91. The molecule has 0 atom stereocenters. The van der Waals surface area contributed by atoms with E-state index in [9.17, 15) is 18.9 Å². The molecule has 27 heavy (non-hydrogen) atoms. The zero-order chi connectivity index (χ0) is 19.4. The average Bonchev–Trinajstić information content (AvgIpc) is 3.27. The third-order valence-electron chi connectivity index (χ3n) is 3.34. The minimum atomic E-state index is -2.89. The Balaban J connectivity index is 1.93. The molecule has 2 aromatic heterocycles. The fourth-order valence-electron chi connectivity index (χ4n) is 2.19. The van der Waals surface area contributed by atoms with Crippen LogP contribution in [0.3, 0.4) is 0 Å². The van der Waals surface area contributed by atoms with Gasteiger partial charge in [-0.05, 0) is 30.3 Å². The van der Waals surface area contributed by atoms with Crippen molar-refractivity contribution in [2.24, 2.45) is 10.1 Å². The highest BCUT2D eigenvalue weighted by Gasteiger charge is 2.12. The number of hydrogen-bond donors (Lipinski definition) is 0. The van der Waals surface area contributed by atoms with Crippen LogP contribution in [0.5, 0.6) is 5.75 Å². The van der Waals surface area contributed by atoms with Crippen molar-refractivity contribution < 1.29 is 22.9 Å². The Morgan fingerprint density at radius 2 is 2.04 bits per heavy atom. The van der Waals surface area contributed by atoms with Gasteiger partial charge in [-0.25, -0.2) is 4.68 Å². The van der Waals surface area contributed by atoms with Gasteiger partial charge in [-0.15, -0.1) is 11.3 Å². The molecule has 0 aliphatic heterocycles. The number of nitrogens with zero attached hydrogens (tertiary/aromatic N) is 4. The highest BCUT2D eigenvalue weighted by molar-refractivity contribution is 7.07. The van der Waals surface area contributed by atoms with Gasteiger partial charge in [-0.2, -0.15) is 13.9 Å². The molecule has 0 fully saturated rings. The zero-order valence-electron chi connectivity index (χ0n) is 13.8. The number of rotatable bonds is 6. The fraction of sp³-hybridized carbons (Fsp3) is 0.125. The first-order valence-electron chi connectivity index (χ1n) is 7.45. The highest BCUT2D eigenvalue weighted by Crippen LogP contribution is 2.24. The Morgan fingerprint density at radius 3 is 2.63 bits per heavy atom. The lowest BCUT2D eigenvalue weighted by molar-refractivity contribution is -0.402. The van der Waals surface area contributed by atoms with Gasteiger partial charge < -0.3 is 9.15 Å². The Hall–Kier alpha value is -3.34. The van der Waals surface area contributed by atoms with Gasteiger partial charge in [0.15, 0.2) is 5.76 Å². The number of alkyl halides is 2. The van der Waals surface area contributed by atoms with Crippen LogP contribution in [-0.4, -0.2) is 29.5 Å². The molecule has 2 heterocycles. The molecule has 0 aliphatic carbocycles. The van der Waals surface area contributed by atoms with Crippen LogP contribution < -0.4 is 9.54 Å². The largest absolute Gasteiger partial charge is 0.435 e. The lowest BCUT2D eigenvalue weighted by atomic mass is 10.2. The normalized spacial score (nSPS) is 12.2. The van der Waals surface area contributed by atoms with Crippen LogP contribution in [-0.2, 0) is 0 Å². The number of thiazole rings is 1. The van der Waals surface area contributed by atoms with E-state index in [0.29, 0.717) is 16.1 Å². The van der Waals surface area contributed by atoms with Gasteiger partial charge in [0.25, 0.3) is 0 Å². The minimum absolute atomic E-state index is 0.0438. The van der Waals surface area contributed by atoms with E-state index in [1.165, 1.54) is 46.5 Å². The lowest BCUT2D eigenvalue weighted by Crippen LogP contribution is -2.11. The average molecular weight is 394 g/mol. The molecule has 140 valence electrons. The van der Waals surface area contributed by atoms with Crippen molar-refractivity contribution in [3.63, 3.8) is 0 Å². The van der Waals surface area contributed by atoms with Crippen LogP contribution in [0.4, 0.5) is 14.7 Å². The lowest BCUT2D eigenvalue weighted by Gasteiger charge is -2.06. The molecule has 0 spiro atoms.